The van der Waals surface area contributed by atoms with Crippen LogP contribution in [0.2, 0.25) is 0 Å². The van der Waals surface area contributed by atoms with E-state index in [1.165, 1.54) is 4.90 Å². The van der Waals surface area contributed by atoms with Crippen molar-refractivity contribution in [2.24, 2.45) is 0 Å². The van der Waals surface area contributed by atoms with Gasteiger partial charge < -0.3 is 24.4 Å². The van der Waals surface area contributed by atoms with E-state index in [-0.39, 0.29) is 18.4 Å². The molecule has 1 aliphatic rings. The molecule has 0 spiro atoms. The van der Waals surface area contributed by atoms with Crippen LogP contribution in [0, 0.1) is 0 Å². The number of benzene rings is 1. The molecule has 1 aromatic carbocycles. The number of carbonyl (C=O) groups is 2. The number of cyclic esters (lactones) is 1. The van der Waals surface area contributed by atoms with Gasteiger partial charge in [0.05, 0.1) is 20.8 Å². The molecule has 0 aromatic heterocycles. The minimum atomic E-state index is -0.354. The first-order valence-electron chi connectivity index (χ1n) is 7.03. The summed E-state index contributed by atoms with van der Waals surface area (Å²) in [4.78, 5) is 24.6. The summed E-state index contributed by atoms with van der Waals surface area (Å²) in [5.74, 6) is 1.15. The molecular formula is C15H20N2O5. The standard InChI is InChI=1S/C15H20N2O5/c1-20-12-4-3-11(9-13(12)21-2)10-16-14(18)5-6-17-7-8-22-15(17)19/h3-4,9H,5-8,10H2,1-2H3,(H,16,18). The first kappa shape index (κ1) is 15.9. The van der Waals surface area contributed by atoms with E-state index in [2.05, 4.69) is 5.32 Å². The molecule has 1 heterocycles. The normalized spacial score (nSPS) is 13.7. The largest absolute Gasteiger partial charge is 0.493 e. The van der Waals surface area contributed by atoms with Crippen molar-refractivity contribution in [3.63, 3.8) is 0 Å². The van der Waals surface area contributed by atoms with Crippen molar-refractivity contribution in [2.75, 3.05) is 33.9 Å². The maximum Gasteiger partial charge on any atom is 0.409 e. The summed E-state index contributed by atoms with van der Waals surface area (Å²) >= 11 is 0. The van der Waals surface area contributed by atoms with Crippen molar-refractivity contribution in [1.29, 1.82) is 0 Å². The minimum absolute atomic E-state index is 0.116. The highest BCUT2D eigenvalue weighted by Crippen LogP contribution is 2.27. The number of carbonyl (C=O) groups excluding carboxylic acids is 2. The van der Waals surface area contributed by atoms with Gasteiger partial charge in [0.25, 0.3) is 0 Å². The van der Waals surface area contributed by atoms with E-state index < -0.39 is 0 Å². The van der Waals surface area contributed by atoms with Gasteiger partial charge in [-0.1, -0.05) is 6.07 Å². The van der Waals surface area contributed by atoms with Crippen LogP contribution in [0.15, 0.2) is 18.2 Å². The van der Waals surface area contributed by atoms with Crippen LogP contribution in [0.4, 0.5) is 4.79 Å². The Bertz CT molecular complexity index is 547. The Balaban J connectivity index is 1.79. The fourth-order valence-corrected chi connectivity index (χ4v) is 2.14. The molecule has 0 aliphatic carbocycles. The number of hydrogen-bond acceptors (Lipinski definition) is 5. The van der Waals surface area contributed by atoms with Gasteiger partial charge in [-0.15, -0.1) is 0 Å². The lowest BCUT2D eigenvalue weighted by Gasteiger charge is -2.13. The lowest BCUT2D eigenvalue weighted by Crippen LogP contribution is -2.31. The van der Waals surface area contributed by atoms with Crippen molar-refractivity contribution < 1.29 is 23.8 Å². The molecule has 1 saturated heterocycles. The zero-order chi connectivity index (χ0) is 15.9. The highest BCUT2D eigenvalue weighted by molar-refractivity contribution is 5.77. The predicted molar refractivity (Wildman–Crippen MR) is 78.9 cm³/mol. The summed E-state index contributed by atoms with van der Waals surface area (Å²) in [7, 11) is 3.14. The molecular weight excluding hydrogens is 288 g/mol. The molecule has 1 N–H and O–H groups in total. The number of nitrogens with zero attached hydrogens (tertiary/aromatic N) is 1. The van der Waals surface area contributed by atoms with E-state index >= 15 is 0 Å². The van der Waals surface area contributed by atoms with Crippen molar-refractivity contribution in [3.8, 4) is 11.5 Å². The molecule has 22 heavy (non-hydrogen) atoms. The number of ether oxygens (including phenoxy) is 3. The summed E-state index contributed by atoms with van der Waals surface area (Å²) in [5, 5.41) is 2.81. The van der Waals surface area contributed by atoms with Gasteiger partial charge in [-0.3, -0.25) is 4.79 Å². The molecule has 0 atom stereocenters. The van der Waals surface area contributed by atoms with Crippen LogP contribution in [0.5, 0.6) is 11.5 Å². The number of rotatable bonds is 7. The third-order valence-electron chi connectivity index (χ3n) is 3.39. The molecule has 7 heteroatoms. The zero-order valence-electron chi connectivity index (χ0n) is 12.8. The second kappa shape index (κ2) is 7.53. The van der Waals surface area contributed by atoms with Crippen molar-refractivity contribution in [1.82, 2.24) is 10.2 Å². The van der Waals surface area contributed by atoms with E-state index in [1.54, 1.807) is 20.3 Å². The highest BCUT2D eigenvalue weighted by atomic mass is 16.6. The van der Waals surface area contributed by atoms with E-state index in [0.717, 1.165) is 5.56 Å². The van der Waals surface area contributed by atoms with Crippen LogP contribution in [-0.4, -0.2) is 50.8 Å². The van der Waals surface area contributed by atoms with Gasteiger partial charge in [-0.25, -0.2) is 4.79 Å². The van der Waals surface area contributed by atoms with Gasteiger partial charge in [0.15, 0.2) is 11.5 Å². The van der Waals surface area contributed by atoms with Crippen molar-refractivity contribution in [2.45, 2.75) is 13.0 Å². The Morgan fingerprint density at radius 3 is 2.73 bits per heavy atom. The van der Waals surface area contributed by atoms with Crippen LogP contribution in [0.3, 0.4) is 0 Å². The van der Waals surface area contributed by atoms with Crippen LogP contribution >= 0.6 is 0 Å². The summed E-state index contributed by atoms with van der Waals surface area (Å²) in [5.41, 5.74) is 0.909. The SMILES string of the molecule is COc1ccc(CNC(=O)CCN2CCOC2=O)cc1OC. The number of methoxy groups -OCH3 is 2. The third kappa shape index (κ3) is 4.03. The van der Waals surface area contributed by atoms with Gasteiger partial charge >= 0.3 is 6.09 Å². The first-order chi connectivity index (χ1) is 10.6. The van der Waals surface area contributed by atoms with Gasteiger partial charge in [0.1, 0.15) is 6.61 Å². The van der Waals surface area contributed by atoms with Crippen molar-refractivity contribution in [3.05, 3.63) is 23.8 Å². The Morgan fingerprint density at radius 2 is 2.09 bits per heavy atom. The molecule has 1 fully saturated rings. The maximum atomic E-state index is 11.8. The number of amides is 2. The van der Waals surface area contributed by atoms with Crippen LogP contribution < -0.4 is 14.8 Å². The van der Waals surface area contributed by atoms with Crippen LogP contribution in [0.1, 0.15) is 12.0 Å². The monoisotopic (exact) mass is 308 g/mol. The zero-order valence-corrected chi connectivity index (χ0v) is 12.8. The molecule has 0 unspecified atom stereocenters. The van der Waals surface area contributed by atoms with Gasteiger partial charge in [-0.05, 0) is 17.7 Å². The molecule has 7 nitrogen and oxygen atoms in total. The lowest BCUT2D eigenvalue weighted by molar-refractivity contribution is -0.121. The number of nitrogens with one attached hydrogen (secondary N) is 1. The van der Waals surface area contributed by atoms with E-state index in [0.29, 0.717) is 37.7 Å². The first-order valence-corrected chi connectivity index (χ1v) is 7.03. The maximum absolute atomic E-state index is 11.8. The molecule has 2 rings (SSSR count). The Morgan fingerprint density at radius 1 is 1.32 bits per heavy atom. The van der Waals surface area contributed by atoms with E-state index in [1.807, 2.05) is 12.1 Å². The van der Waals surface area contributed by atoms with Crippen LogP contribution in [-0.2, 0) is 16.1 Å². The Hall–Kier alpha value is -2.44. The fourth-order valence-electron chi connectivity index (χ4n) is 2.14. The summed E-state index contributed by atoms with van der Waals surface area (Å²) in [6.07, 6.45) is -0.102. The molecule has 1 aromatic rings. The smallest absolute Gasteiger partial charge is 0.409 e. The Kier molecular flexibility index (Phi) is 5.46. The van der Waals surface area contributed by atoms with Gasteiger partial charge in [0, 0.05) is 19.5 Å². The molecule has 2 amide bonds. The lowest BCUT2D eigenvalue weighted by atomic mass is 10.2. The minimum Gasteiger partial charge on any atom is -0.493 e. The molecule has 120 valence electrons. The molecule has 0 radical (unpaired) electrons. The summed E-state index contributed by atoms with van der Waals surface area (Å²) < 4.78 is 15.2. The summed E-state index contributed by atoms with van der Waals surface area (Å²) in [6.45, 7) is 1.70. The average Bonchev–Trinajstić information content (AvgIpc) is 2.95. The predicted octanol–water partition coefficient (Wildman–Crippen LogP) is 1.16. The second-order valence-corrected chi connectivity index (χ2v) is 4.82. The summed E-state index contributed by atoms with van der Waals surface area (Å²) in [6, 6.07) is 5.47. The molecule has 0 saturated carbocycles. The van der Waals surface area contributed by atoms with Crippen LogP contribution in [0.25, 0.3) is 0 Å². The average molecular weight is 308 g/mol. The third-order valence-corrected chi connectivity index (χ3v) is 3.39. The molecule has 0 bridgehead atoms. The highest BCUT2D eigenvalue weighted by Gasteiger charge is 2.21. The van der Waals surface area contributed by atoms with Crippen molar-refractivity contribution >= 4 is 12.0 Å². The van der Waals surface area contributed by atoms with E-state index in [9.17, 15) is 9.59 Å². The quantitative estimate of drug-likeness (QED) is 0.818. The topological polar surface area (TPSA) is 77.1 Å². The fraction of sp³-hybridized carbons (Fsp3) is 0.467. The number of hydrogen-bond donors (Lipinski definition) is 1. The molecule has 1 aliphatic heterocycles. The van der Waals surface area contributed by atoms with E-state index in [4.69, 9.17) is 14.2 Å². The Labute approximate surface area is 129 Å². The van der Waals surface area contributed by atoms with Gasteiger partial charge in [0.2, 0.25) is 5.91 Å². The second-order valence-electron chi connectivity index (χ2n) is 4.82. The van der Waals surface area contributed by atoms with Gasteiger partial charge in [-0.2, -0.15) is 0 Å².